The van der Waals surface area contributed by atoms with Crippen LogP contribution in [0.25, 0.3) is 0 Å². The first-order valence-electron chi connectivity index (χ1n) is 13.3. The van der Waals surface area contributed by atoms with Crippen molar-refractivity contribution in [3.8, 4) is 0 Å². The third-order valence-corrected chi connectivity index (χ3v) is 7.66. The van der Waals surface area contributed by atoms with Crippen LogP contribution in [-0.4, -0.2) is 92.7 Å². The Hall–Kier alpha value is -3.58. The molecule has 0 saturated carbocycles. The van der Waals surface area contributed by atoms with Crippen molar-refractivity contribution in [3.63, 3.8) is 0 Å². The number of rotatable bonds is 16. The number of carbonyl (C=O) groups is 8. The summed E-state index contributed by atoms with van der Waals surface area (Å²) in [5.41, 5.74) is -0.525. The number of nitrogens with one attached hydrogen (secondary N) is 3. The SMILES string of the molecule is CCC(=O)OCC(=O)Nc1c(Br)c(C(=O)NCC(COC(C)=O)OC(C)=O)c(Br)c(C(=O)NCC(COC(C)=O)OC(C)=O)c1Br. The molecule has 0 spiro atoms. The van der Waals surface area contributed by atoms with E-state index in [0.29, 0.717) is 0 Å². The molecule has 254 valence electrons. The second kappa shape index (κ2) is 19.8. The Morgan fingerprint density at radius 1 is 0.630 bits per heavy atom. The Labute approximate surface area is 288 Å². The molecule has 2 unspecified atom stereocenters. The molecule has 3 amide bonds. The highest BCUT2D eigenvalue weighted by molar-refractivity contribution is 9.11. The van der Waals surface area contributed by atoms with Gasteiger partial charge in [0.15, 0.2) is 18.8 Å². The van der Waals surface area contributed by atoms with Crippen molar-refractivity contribution in [3.05, 3.63) is 24.5 Å². The molecule has 1 aromatic rings. The van der Waals surface area contributed by atoms with Gasteiger partial charge in [0, 0.05) is 38.6 Å². The van der Waals surface area contributed by atoms with Crippen molar-refractivity contribution >= 4 is 101 Å². The Morgan fingerprint density at radius 3 is 1.39 bits per heavy atom. The molecule has 0 radical (unpaired) electrons. The number of halogens is 3. The smallest absolute Gasteiger partial charge is 0.306 e. The van der Waals surface area contributed by atoms with Crippen LogP contribution in [0.4, 0.5) is 5.69 Å². The molecule has 0 aromatic heterocycles. The Morgan fingerprint density at radius 2 is 1.04 bits per heavy atom. The van der Waals surface area contributed by atoms with Crippen molar-refractivity contribution in [2.45, 2.75) is 53.2 Å². The number of hydrogen-bond donors (Lipinski definition) is 3. The highest BCUT2D eigenvalue weighted by Crippen LogP contribution is 2.42. The fourth-order valence-electron chi connectivity index (χ4n) is 3.35. The van der Waals surface area contributed by atoms with E-state index in [-0.39, 0.29) is 63.0 Å². The average molecular weight is 846 g/mol. The van der Waals surface area contributed by atoms with Crippen LogP contribution in [0.15, 0.2) is 13.4 Å². The van der Waals surface area contributed by atoms with E-state index in [2.05, 4.69) is 63.7 Å². The van der Waals surface area contributed by atoms with Crippen molar-refractivity contribution in [1.82, 2.24) is 10.6 Å². The van der Waals surface area contributed by atoms with Crippen LogP contribution in [0.3, 0.4) is 0 Å². The van der Waals surface area contributed by atoms with Crippen LogP contribution in [-0.2, 0) is 52.5 Å². The molecule has 2 atom stereocenters. The zero-order valence-electron chi connectivity index (χ0n) is 25.3. The summed E-state index contributed by atoms with van der Waals surface area (Å²) in [5, 5.41) is 7.52. The normalized spacial score (nSPS) is 11.7. The van der Waals surface area contributed by atoms with E-state index in [1.807, 2.05) is 0 Å². The van der Waals surface area contributed by atoms with Crippen LogP contribution in [0.5, 0.6) is 0 Å². The molecule has 1 aromatic carbocycles. The molecule has 0 aliphatic carbocycles. The third kappa shape index (κ3) is 13.8. The van der Waals surface area contributed by atoms with E-state index < -0.39 is 66.4 Å². The average Bonchev–Trinajstić information content (AvgIpc) is 2.96. The zero-order valence-corrected chi connectivity index (χ0v) is 30.1. The van der Waals surface area contributed by atoms with Gasteiger partial charge in [0.25, 0.3) is 17.7 Å². The molecule has 0 aliphatic rings. The molecule has 0 saturated heterocycles. The lowest BCUT2D eigenvalue weighted by Gasteiger charge is -2.22. The minimum absolute atomic E-state index is 0.0190. The Bertz CT molecular complexity index is 1290. The first kappa shape index (κ1) is 40.4. The number of ether oxygens (including phenoxy) is 5. The topological polar surface area (TPSA) is 219 Å². The summed E-state index contributed by atoms with van der Waals surface area (Å²) in [6.07, 6.45) is -2.11. The monoisotopic (exact) mass is 843 g/mol. The van der Waals surface area contributed by atoms with E-state index >= 15 is 0 Å². The maximum absolute atomic E-state index is 13.5. The van der Waals surface area contributed by atoms with Gasteiger partial charge < -0.3 is 39.6 Å². The number of benzene rings is 1. The quantitative estimate of drug-likeness (QED) is 0.161. The van der Waals surface area contributed by atoms with Gasteiger partial charge in [0.1, 0.15) is 13.2 Å². The van der Waals surface area contributed by atoms with Crippen LogP contribution in [0, 0.1) is 0 Å². The van der Waals surface area contributed by atoms with Gasteiger partial charge in [-0.2, -0.15) is 0 Å². The maximum atomic E-state index is 13.5. The van der Waals surface area contributed by atoms with Gasteiger partial charge in [0.05, 0.1) is 38.8 Å². The first-order chi connectivity index (χ1) is 21.5. The van der Waals surface area contributed by atoms with Crippen LogP contribution < -0.4 is 16.0 Å². The molecule has 0 heterocycles. The van der Waals surface area contributed by atoms with Gasteiger partial charge in [-0.1, -0.05) is 6.92 Å². The fraction of sp³-hybridized carbons (Fsp3) is 0.481. The summed E-state index contributed by atoms with van der Waals surface area (Å²) < 4.78 is 24.7. The van der Waals surface area contributed by atoms with Crippen LogP contribution in [0.2, 0.25) is 0 Å². The number of hydrogen-bond acceptors (Lipinski definition) is 13. The molecule has 3 N–H and O–H groups in total. The van der Waals surface area contributed by atoms with Gasteiger partial charge in [-0.3, -0.25) is 38.4 Å². The van der Waals surface area contributed by atoms with Crippen LogP contribution in [0.1, 0.15) is 61.8 Å². The molecule has 1 rings (SSSR count). The van der Waals surface area contributed by atoms with Gasteiger partial charge in [0.2, 0.25) is 0 Å². The number of carbonyl (C=O) groups excluding carboxylic acids is 8. The summed E-state index contributed by atoms with van der Waals surface area (Å²) in [4.78, 5) is 96.7. The van der Waals surface area contributed by atoms with Crippen LogP contribution >= 0.6 is 47.8 Å². The predicted molar refractivity (Wildman–Crippen MR) is 168 cm³/mol. The fourth-order valence-corrected chi connectivity index (χ4v) is 6.25. The minimum atomic E-state index is -1.07. The Kier molecular flexibility index (Phi) is 17.4. The largest absolute Gasteiger partial charge is 0.462 e. The number of anilines is 1. The maximum Gasteiger partial charge on any atom is 0.306 e. The lowest BCUT2D eigenvalue weighted by atomic mass is 10.1. The lowest BCUT2D eigenvalue weighted by Crippen LogP contribution is -2.39. The molecular formula is C27H32Br3N3O13. The van der Waals surface area contributed by atoms with Gasteiger partial charge in [-0.05, 0) is 47.8 Å². The summed E-state index contributed by atoms with van der Waals surface area (Å²) in [6, 6.07) is 0. The highest BCUT2D eigenvalue weighted by Gasteiger charge is 2.30. The summed E-state index contributed by atoms with van der Waals surface area (Å²) >= 11 is 9.81. The molecule has 16 nitrogen and oxygen atoms in total. The van der Waals surface area contributed by atoms with Gasteiger partial charge in [-0.25, -0.2) is 0 Å². The number of esters is 5. The Balaban J connectivity index is 3.52. The lowest BCUT2D eigenvalue weighted by molar-refractivity contribution is -0.155. The van der Waals surface area contributed by atoms with E-state index in [1.54, 1.807) is 0 Å². The van der Waals surface area contributed by atoms with E-state index in [9.17, 15) is 38.4 Å². The second-order valence-corrected chi connectivity index (χ2v) is 11.5. The van der Waals surface area contributed by atoms with Gasteiger partial charge >= 0.3 is 29.8 Å². The highest BCUT2D eigenvalue weighted by atomic mass is 79.9. The molecular weight excluding hydrogens is 814 g/mol. The first-order valence-corrected chi connectivity index (χ1v) is 15.7. The van der Waals surface area contributed by atoms with Gasteiger partial charge in [-0.15, -0.1) is 0 Å². The van der Waals surface area contributed by atoms with Crippen molar-refractivity contribution in [2.24, 2.45) is 0 Å². The second-order valence-electron chi connectivity index (χ2n) is 9.12. The van der Waals surface area contributed by atoms with Crippen molar-refractivity contribution < 1.29 is 62.0 Å². The molecule has 0 bridgehead atoms. The molecule has 19 heteroatoms. The van der Waals surface area contributed by atoms with E-state index in [1.165, 1.54) is 6.92 Å². The zero-order chi connectivity index (χ0) is 35.1. The van der Waals surface area contributed by atoms with E-state index in [0.717, 1.165) is 27.7 Å². The molecule has 0 fully saturated rings. The van der Waals surface area contributed by atoms with Crippen molar-refractivity contribution in [2.75, 3.05) is 38.2 Å². The molecule has 46 heavy (non-hydrogen) atoms. The van der Waals surface area contributed by atoms with E-state index in [4.69, 9.17) is 23.7 Å². The summed E-state index contributed by atoms with van der Waals surface area (Å²) in [5.74, 6) is -5.82. The summed E-state index contributed by atoms with van der Waals surface area (Å²) in [6.45, 7) is 4.04. The third-order valence-electron chi connectivity index (χ3n) is 5.28. The number of amides is 3. The standard InChI is InChI=1S/C27H32Br3N3O13/c1-6-19(39)44-11-18(38)33-25-23(29)20(26(40)31-7-16(45-14(4)36)9-42-12(2)34)22(28)21(24(25)30)27(41)32-8-17(46-15(5)37)10-43-13(3)35/h16-17H,6-11H2,1-5H3,(H,31,40)(H,32,41)(H,33,38). The summed E-state index contributed by atoms with van der Waals surface area (Å²) in [7, 11) is 0. The molecule has 0 aliphatic heterocycles. The minimum Gasteiger partial charge on any atom is -0.462 e. The predicted octanol–water partition coefficient (Wildman–Crippen LogP) is 2.31. The van der Waals surface area contributed by atoms with Crippen molar-refractivity contribution in [1.29, 1.82) is 0 Å².